The Bertz CT molecular complexity index is 1760. The minimum absolute atomic E-state index is 0.0388. The molecular weight excluding hydrogens is 727 g/mol. The summed E-state index contributed by atoms with van der Waals surface area (Å²) >= 11 is 6.64. The van der Waals surface area contributed by atoms with Crippen LogP contribution in [-0.2, 0) is 16.6 Å². The van der Waals surface area contributed by atoms with Crippen LogP contribution in [0.3, 0.4) is 0 Å². The average Bonchev–Trinajstić information content (AvgIpc) is 2.99. The van der Waals surface area contributed by atoms with Crippen LogP contribution in [-0.4, -0.2) is 67.4 Å². The number of sulfonamides is 1. The van der Waals surface area contributed by atoms with Crippen molar-refractivity contribution >= 4 is 70.0 Å². The molecule has 234 valence electrons. The fraction of sp³-hybridized carbons (Fsp3) is 0.286. The minimum Gasteiger partial charge on any atom is -0.493 e. The largest absolute Gasteiger partial charge is 0.493 e. The normalized spacial score (nSPS) is 11.6. The number of likely N-dealkylation sites (N-methyl/N-ethyl adjacent to an activating group) is 1. The standard InChI is InChI=1S/C28H29Br2FN6O6S/c1-36(10-9-34-44(40,41)27-7-4-3-6-24(27)37(38)39)16-18-12-21(31)20(30)14-22(18)35-28-19-13-26(43-11-5-8-29)25(42-2)15-23(19)32-17-33-28/h3-4,6-7,12-15,17,34H,5,8-11,16H2,1-2H3,(H,32,33,35). The predicted octanol–water partition coefficient (Wildman–Crippen LogP) is 5.77. The van der Waals surface area contributed by atoms with E-state index in [1.54, 1.807) is 37.3 Å². The molecule has 0 fully saturated rings. The molecule has 0 aliphatic heterocycles. The molecule has 0 aliphatic rings. The Morgan fingerprint density at radius 2 is 1.91 bits per heavy atom. The van der Waals surface area contributed by atoms with Crippen molar-refractivity contribution < 1.29 is 27.2 Å². The highest BCUT2D eigenvalue weighted by atomic mass is 79.9. The number of methoxy groups -OCH3 is 1. The zero-order chi connectivity index (χ0) is 31.9. The Kier molecular flexibility index (Phi) is 11.4. The monoisotopic (exact) mass is 754 g/mol. The zero-order valence-electron chi connectivity index (χ0n) is 23.7. The van der Waals surface area contributed by atoms with Gasteiger partial charge in [-0.25, -0.2) is 27.5 Å². The smallest absolute Gasteiger partial charge is 0.289 e. The summed E-state index contributed by atoms with van der Waals surface area (Å²) in [5.74, 6) is 1.04. The lowest BCUT2D eigenvalue weighted by atomic mass is 10.1. The summed E-state index contributed by atoms with van der Waals surface area (Å²) in [5, 5.41) is 16.0. The molecule has 2 N–H and O–H groups in total. The van der Waals surface area contributed by atoms with Crippen LogP contribution in [0.5, 0.6) is 11.5 Å². The molecule has 0 aliphatic carbocycles. The maximum absolute atomic E-state index is 14.7. The Hall–Kier alpha value is -3.44. The number of benzene rings is 3. The molecule has 0 bridgehead atoms. The number of nitro groups is 1. The van der Waals surface area contributed by atoms with Gasteiger partial charge < -0.3 is 19.7 Å². The number of fused-ring (bicyclic) bond motifs is 1. The number of nitrogens with zero attached hydrogens (tertiary/aromatic N) is 4. The lowest BCUT2D eigenvalue weighted by Gasteiger charge is -2.20. The van der Waals surface area contributed by atoms with E-state index >= 15 is 0 Å². The molecule has 0 atom stereocenters. The van der Waals surface area contributed by atoms with E-state index in [2.05, 4.69) is 51.9 Å². The number of nitrogens with one attached hydrogen (secondary N) is 2. The SMILES string of the molecule is COc1cc2ncnc(Nc3cc(Br)c(F)cc3CN(C)CCNS(=O)(=O)c3ccccc3[N+](=O)[O-])c2cc1OCCCBr. The first-order valence-corrected chi connectivity index (χ1v) is 16.6. The fourth-order valence-electron chi connectivity index (χ4n) is 4.29. The van der Waals surface area contributed by atoms with Gasteiger partial charge in [-0.2, -0.15) is 0 Å². The molecule has 16 heteroatoms. The van der Waals surface area contributed by atoms with Gasteiger partial charge >= 0.3 is 0 Å². The van der Waals surface area contributed by atoms with Crippen LogP contribution in [0.25, 0.3) is 10.9 Å². The number of aromatic nitrogens is 2. The first-order valence-electron chi connectivity index (χ1n) is 13.2. The minimum atomic E-state index is -4.14. The van der Waals surface area contributed by atoms with Gasteiger partial charge in [0.2, 0.25) is 10.0 Å². The van der Waals surface area contributed by atoms with Crippen molar-refractivity contribution in [3.8, 4) is 11.5 Å². The van der Waals surface area contributed by atoms with E-state index in [9.17, 15) is 22.9 Å². The Balaban J connectivity index is 1.53. The van der Waals surface area contributed by atoms with Crippen molar-refractivity contribution in [1.29, 1.82) is 0 Å². The Morgan fingerprint density at radius 3 is 2.64 bits per heavy atom. The summed E-state index contributed by atoms with van der Waals surface area (Å²) in [6.45, 7) is 0.895. The van der Waals surface area contributed by atoms with Gasteiger partial charge in [0.1, 0.15) is 18.0 Å². The Labute approximate surface area is 270 Å². The number of anilines is 2. The molecule has 4 aromatic rings. The fourth-order valence-corrected chi connectivity index (χ4v) is 6.05. The summed E-state index contributed by atoms with van der Waals surface area (Å²) in [4.78, 5) is 20.7. The van der Waals surface area contributed by atoms with E-state index in [0.717, 1.165) is 17.8 Å². The number of rotatable bonds is 15. The summed E-state index contributed by atoms with van der Waals surface area (Å²) < 4.78 is 54.2. The molecule has 12 nitrogen and oxygen atoms in total. The molecule has 0 saturated heterocycles. The van der Waals surface area contributed by atoms with Gasteiger partial charge in [0, 0.05) is 48.2 Å². The van der Waals surface area contributed by atoms with Crippen molar-refractivity contribution in [3.63, 3.8) is 0 Å². The van der Waals surface area contributed by atoms with E-state index < -0.39 is 31.3 Å². The van der Waals surface area contributed by atoms with Crippen LogP contribution in [0.4, 0.5) is 21.6 Å². The molecule has 44 heavy (non-hydrogen) atoms. The maximum Gasteiger partial charge on any atom is 0.289 e. The first kappa shape index (κ1) is 33.5. The highest BCUT2D eigenvalue weighted by molar-refractivity contribution is 9.10. The number of ether oxygens (including phenoxy) is 2. The third-order valence-corrected chi connectivity index (χ3v) is 9.11. The molecule has 0 radical (unpaired) electrons. The molecule has 1 aromatic heterocycles. The second kappa shape index (κ2) is 15.0. The van der Waals surface area contributed by atoms with Gasteiger partial charge in [-0.05, 0) is 59.2 Å². The van der Waals surface area contributed by atoms with E-state index in [1.165, 1.54) is 30.6 Å². The van der Waals surface area contributed by atoms with Crippen molar-refractivity contribution in [3.05, 3.63) is 80.8 Å². The van der Waals surface area contributed by atoms with E-state index in [4.69, 9.17) is 9.47 Å². The van der Waals surface area contributed by atoms with Crippen molar-refractivity contribution in [1.82, 2.24) is 19.6 Å². The quantitative estimate of drug-likeness (QED) is 0.0664. The van der Waals surface area contributed by atoms with Gasteiger partial charge in [-0.1, -0.05) is 28.1 Å². The number of para-hydroxylation sites is 1. The van der Waals surface area contributed by atoms with Crippen LogP contribution in [0.2, 0.25) is 0 Å². The summed E-state index contributed by atoms with van der Waals surface area (Å²) in [5.41, 5.74) is 1.23. The average molecular weight is 756 g/mol. The molecule has 1 heterocycles. The van der Waals surface area contributed by atoms with Gasteiger partial charge in [-0.15, -0.1) is 0 Å². The lowest BCUT2D eigenvalue weighted by molar-refractivity contribution is -0.387. The molecule has 4 rings (SSSR count). The van der Waals surface area contributed by atoms with E-state index in [-0.39, 0.29) is 24.1 Å². The molecule has 0 unspecified atom stereocenters. The van der Waals surface area contributed by atoms with E-state index in [1.807, 2.05) is 0 Å². The van der Waals surface area contributed by atoms with Gasteiger partial charge in [0.05, 0.1) is 28.6 Å². The third-order valence-electron chi connectivity index (χ3n) is 6.43. The lowest BCUT2D eigenvalue weighted by Crippen LogP contribution is -2.33. The number of alkyl halides is 1. The van der Waals surface area contributed by atoms with Crippen LogP contribution in [0.1, 0.15) is 12.0 Å². The van der Waals surface area contributed by atoms with Crippen LogP contribution in [0.15, 0.2) is 64.2 Å². The van der Waals surface area contributed by atoms with E-state index in [0.29, 0.717) is 46.1 Å². The number of halogens is 3. The molecule has 3 aromatic carbocycles. The summed E-state index contributed by atoms with van der Waals surface area (Å²) in [6, 6.07) is 11.6. The van der Waals surface area contributed by atoms with Crippen molar-refractivity contribution in [2.45, 2.75) is 17.9 Å². The van der Waals surface area contributed by atoms with Crippen molar-refractivity contribution in [2.75, 3.05) is 44.5 Å². The third kappa shape index (κ3) is 8.18. The maximum atomic E-state index is 14.7. The molecular formula is C28H29Br2FN6O6S. The predicted molar refractivity (Wildman–Crippen MR) is 172 cm³/mol. The van der Waals surface area contributed by atoms with Crippen LogP contribution in [0, 0.1) is 15.9 Å². The van der Waals surface area contributed by atoms with Crippen LogP contribution >= 0.6 is 31.9 Å². The molecule has 0 amide bonds. The zero-order valence-corrected chi connectivity index (χ0v) is 27.7. The van der Waals surface area contributed by atoms with Gasteiger partial charge in [-0.3, -0.25) is 10.1 Å². The molecule has 0 saturated carbocycles. The second-order valence-electron chi connectivity index (χ2n) is 9.54. The topological polar surface area (TPSA) is 149 Å². The van der Waals surface area contributed by atoms with Gasteiger partial charge in [0.15, 0.2) is 16.4 Å². The van der Waals surface area contributed by atoms with Gasteiger partial charge in [0.25, 0.3) is 5.69 Å². The van der Waals surface area contributed by atoms with Crippen LogP contribution < -0.4 is 19.5 Å². The van der Waals surface area contributed by atoms with Crippen molar-refractivity contribution in [2.24, 2.45) is 0 Å². The summed E-state index contributed by atoms with van der Waals surface area (Å²) in [7, 11) is -0.844. The molecule has 0 spiro atoms. The first-order chi connectivity index (χ1) is 21.0. The number of hydrogen-bond acceptors (Lipinski definition) is 10. The number of hydrogen-bond donors (Lipinski definition) is 2. The summed E-state index contributed by atoms with van der Waals surface area (Å²) in [6.07, 6.45) is 2.20. The highest BCUT2D eigenvalue weighted by Gasteiger charge is 2.25. The highest BCUT2D eigenvalue weighted by Crippen LogP contribution is 2.36. The number of nitro benzene ring substituents is 1. The second-order valence-corrected chi connectivity index (χ2v) is 12.9. The Morgan fingerprint density at radius 1 is 1.14 bits per heavy atom.